The maximum atomic E-state index is 5.12. The van der Waals surface area contributed by atoms with E-state index in [9.17, 15) is 0 Å². The largest absolute Gasteiger partial charge is 0.481 e. The average molecular weight is 315 g/mol. The van der Waals surface area contributed by atoms with E-state index in [1.165, 1.54) is 5.56 Å². The maximum Gasteiger partial charge on any atom is 0.226 e. The van der Waals surface area contributed by atoms with E-state index in [1.807, 2.05) is 12.3 Å². The Morgan fingerprint density at radius 3 is 2.78 bits per heavy atom. The molecule has 23 heavy (non-hydrogen) atoms. The molecule has 1 aliphatic rings. The lowest BCUT2D eigenvalue weighted by Crippen LogP contribution is -2.26. The van der Waals surface area contributed by atoms with Crippen LogP contribution in [0, 0.1) is 0 Å². The van der Waals surface area contributed by atoms with E-state index in [1.54, 1.807) is 26.5 Å². The van der Waals surface area contributed by atoms with Crippen molar-refractivity contribution in [3.05, 3.63) is 36.2 Å². The Bertz CT molecular complexity index is 635. The van der Waals surface area contributed by atoms with Gasteiger partial charge >= 0.3 is 0 Å². The molecule has 2 aromatic heterocycles. The fourth-order valence-electron chi connectivity index (χ4n) is 2.69. The van der Waals surface area contributed by atoms with Crippen molar-refractivity contribution < 1.29 is 9.47 Å². The van der Waals surface area contributed by atoms with Crippen LogP contribution in [0.4, 0.5) is 5.95 Å². The molecule has 0 radical (unpaired) electrons. The molecule has 122 valence electrons. The third-order valence-corrected chi connectivity index (χ3v) is 3.86. The molecule has 1 fully saturated rings. The SMILES string of the molecule is COc1ccc(CN2CCC(Nc3nccc(OC)n3)C2)cn1. The van der Waals surface area contributed by atoms with Crippen LogP contribution < -0.4 is 14.8 Å². The molecule has 1 unspecified atom stereocenters. The smallest absolute Gasteiger partial charge is 0.226 e. The van der Waals surface area contributed by atoms with Gasteiger partial charge in [-0.1, -0.05) is 6.07 Å². The summed E-state index contributed by atoms with van der Waals surface area (Å²) in [6, 6.07) is 6.03. The number of hydrogen-bond donors (Lipinski definition) is 1. The second kappa shape index (κ2) is 7.23. The molecule has 7 heteroatoms. The third-order valence-electron chi connectivity index (χ3n) is 3.86. The van der Waals surface area contributed by atoms with Crippen molar-refractivity contribution in [1.82, 2.24) is 19.9 Å². The fourth-order valence-corrected chi connectivity index (χ4v) is 2.69. The molecule has 2 aromatic rings. The number of nitrogens with one attached hydrogen (secondary N) is 1. The second-order valence-electron chi connectivity index (χ2n) is 5.50. The van der Waals surface area contributed by atoms with Crippen LogP contribution >= 0.6 is 0 Å². The van der Waals surface area contributed by atoms with Gasteiger partial charge in [0, 0.05) is 50.2 Å². The van der Waals surface area contributed by atoms with Crippen LogP contribution in [0.2, 0.25) is 0 Å². The Labute approximate surface area is 135 Å². The van der Waals surface area contributed by atoms with Crippen LogP contribution in [0.15, 0.2) is 30.6 Å². The monoisotopic (exact) mass is 315 g/mol. The van der Waals surface area contributed by atoms with E-state index in [-0.39, 0.29) is 0 Å². The maximum absolute atomic E-state index is 5.12. The van der Waals surface area contributed by atoms with Crippen LogP contribution in [0.3, 0.4) is 0 Å². The van der Waals surface area contributed by atoms with Gasteiger partial charge in [-0.2, -0.15) is 4.98 Å². The van der Waals surface area contributed by atoms with E-state index in [2.05, 4.69) is 31.2 Å². The third kappa shape index (κ3) is 4.07. The molecule has 3 rings (SSSR count). The molecule has 1 saturated heterocycles. The minimum Gasteiger partial charge on any atom is -0.481 e. The Kier molecular flexibility index (Phi) is 4.87. The van der Waals surface area contributed by atoms with Crippen molar-refractivity contribution >= 4 is 5.95 Å². The number of anilines is 1. The van der Waals surface area contributed by atoms with E-state index in [0.717, 1.165) is 26.1 Å². The molecular weight excluding hydrogens is 294 g/mol. The van der Waals surface area contributed by atoms with E-state index in [0.29, 0.717) is 23.8 Å². The number of likely N-dealkylation sites (tertiary alicyclic amines) is 1. The highest BCUT2D eigenvalue weighted by molar-refractivity contribution is 5.29. The van der Waals surface area contributed by atoms with Gasteiger partial charge in [-0.25, -0.2) is 9.97 Å². The normalized spacial score (nSPS) is 17.9. The highest BCUT2D eigenvalue weighted by Gasteiger charge is 2.23. The minimum absolute atomic E-state index is 0.341. The van der Waals surface area contributed by atoms with Gasteiger partial charge in [0.05, 0.1) is 14.2 Å². The van der Waals surface area contributed by atoms with Crippen LogP contribution in [-0.4, -0.2) is 53.2 Å². The summed E-state index contributed by atoms with van der Waals surface area (Å²) < 4.78 is 10.2. The number of methoxy groups -OCH3 is 2. The molecule has 0 aliphatic carbocycles. The van der Waals surface area contributed by atoms with Gasteiger partial charge in [-0.15, -0.1) is 0 Å². The molecule has 1 N–H and O–H groups in total. The summed E-state index contributed by atoms with van der Waals surface area (Å²) in [7, 11) is 3.23. The van der Waals surface area contributed by atoms with Crippen LogP contribution in [0.25, 0.3) is 0 Å². The molecule has 3 heterocycles. The molecule has 1 atom stereocenters. The van der Waals surface area contributed by atoms with Crippen LogP contribution in [0.1, 0.15) is 12.0 Å². The topological polar surface area (TPSA) is 72.4 Å². The Balaban J connectivity index is 1.53. The number of aromatic nitrogens is 3. The van der Waals surface area contributed by atoms with Crippen molar-refractivity contribution in [2.24, 2.45) is 0 Å². The molecular formula is C16H21N5O2. The number of hydrogen-bond acceptors (Lipinski definition) is 7. The van der Waals surface area contributed by atoms with Gasteiger partial charge < -0.3 is 14.8 Å². The van der Waals surface area contributed by atoms with Gasteiger partial charge in [0.2, 0.25) is 17.7 Å². The van der Waals surface area contributed by atoms with Crippen LogP contribution in [-0.2, 0) is 6.54 Å². The number of nitrogens with zero attached hydrogens (tertiary/aromatic N) is 4. The number of rotatable bonds is 6. The Morgan fingerprint density at radius 2 is 2.04 bits per heavy atom. The first kappa shape index (κ1) is 15.5. The van der Waals surface area contributed by atoms with E-state index >= 15 is 0 Å². The predicted octanol–water partition coefficient (Wildman–Crippen LogP) is 1.58. The highest BCUT2D eigenvalue weighted by atomic mass is 16.5. The van der Waals surface area contributed by atoms with Crippen molar-refractivity contribution in [1.29, 1.82) is 0 Å². The highest BCUT2D eigenvalue weighted by Crippen LogP contribution is 2.17. The first-order chi connectivity index (χ1) is 11.3. The molecule has 0 aromatic carbocycles. The number of pyridine rings is 1. The van der Waals surface area contributed by atoms with E-state index in [4.69, 9.17) is 9.47 Å². The fraction of sp³-hybridized carbons (Fsp3) is 0.438. The van der Waals surface area contributed by atoms with Gasteiger partial charge in [0.1, 0.15) is 0 Å². The van der Waals surface area contributed by atoms with Crippen LogP contribution in [0.5, 0.6) is 11.8 Å². The van der Waals surface area contributed by atoms with Crippen molar-refractivity contribution in [3.8, 4) is 11.8 Å². The Hall–Kier alpha value is -2.41. The minimum atomic E-state index is 0.341. The molecule has 0 saturated carbocycles. The van der Waals surface area contributed by atoms with Crippen molar-refractivity contribution in [2.45, 2.75) is 19.0 Å². The molecule has 1 aliphatic heterocycles. The van der Waals surface area contributed by atoms with Gasteiger partial charge in [0.15, 0.2) is 0 Å². The summed E-state index contributed by atoms with van der Waals surface area (Å²) in [6.07, 6.45) is 4.62. The van der Waals surface area contributed by atoms with Crippen molar-refractivity contribution in [2.75, 3.05) is 32.6 Å². The molecule has 7 nitrogen and oxygen atoms in total. The van der Waals surface area contributed by atoms with Gasteiger partial charge in [-0.05, 0) is 12.0 Å². The summed E-state index contributed by atoms with van der Waals surface area (Å²) in [4.78, 5) is 15.2. The molecule has 0 bridgehead atoms. The quantitative estimate of drug-likeness (QED) is 0.867. The summed E-state index contributed by atoms with van der Waals surface area (Å²) in [6.45, 7) is 2.87. The first-order valence-corrected chi connectivity index (χ1v) is 7.61. The molecule has 0 amide bonds. The van der Waals surface area contributed by atoms with E-state index < -0.39 is 0 Å². The Morgan fingerprint density at radius 1 is 1.17 bits per heavy atom. The van der Waals surface area contributed by atoms with Gasteiger partial charge in [0.25, 0.3) is 0 Å². The lowest BCUT2D eigenvalue weighted by Gasteiger charge is -2.16. The summed E-state index contributed by atoms with van der Waals surface area (Å²) in [5.74, 6) is 1.83. The summed E-state index contributed by atoms with van der Waals surface area (Å²) >= 11 is 0. The van der Waals surface area contributed by atoms with Gasteiger partial charge in [-0.3, -0.25) is 4.90 Å². The second-order valence-corrected chi connectivity index (χ2v) is 5.50. The zero-order valence-corrected chi connectivity index (χ0v) is 13.4. The predicted molar refractivity (Wildman–Crippen MR) is 86.7 cm³/mol. The zero-order chi connectivity index (χ0) is 16.1. The lowest BCUT2D eigenvalue weighted by molar-refractivity contribution is 0.327. The summed E-state index contributed by atoms with van der Waals surface area (Å²) in [5, 5.41) is 3.37. The first-order valence-electron chi connectivity index (χ1n) is 7.61. The lowest BCUT2D eigenvalue weighted by atomic mass is 10.2. The zero-order valence-electron chi connectivity index (χ0n) is 13.4. The van der Waals surface area contributed by atoms with Crippen molar-refractivity contribution in [3.63, 3.8) is 0 Å². The average Bonchev–Trinajstić information content (AvgIpc) is 3.02. The summed E-state index contributed by atoms with van der Waals surface area (Å²) in [5.41, 5.74) is 1.18. The standard InChI is InChI=1S/C16H21N5O2/c1-22-14-4-3-12(9-18-14)10-21-8-6-13(11-21)19-16-17-7-5-15(20-16)23-2/h3-5,7,9,13H,6,8,10-11H2,1-2H3,(H,17,19,20). The molecule has 0 spiro atoms. The number of ether oxygens (including phenoxy) is 2.